The van der Waals surface area contributed by atoms with E-state index in [-0.39, 0.29) is 0 Å². The van der Waals surface area contributed by atoms with Crippen LogP contribution in [0.5, 0.6) is 11.5 Å². The number of hydrogen-bond acceptors (Lipinski definition) is 5. The lowest BCUT2D eigenvalue weighted by atomic mass is 10.1. The smallest absolute Gasteiger partial charge is 0.193 e. The molecule has 1 heterocycles. The maximum atomic E-state index is 6.13. The molecule has 1 aromatic carbocycles. The number of guanidine groups is 1. The van der Waals surface area contributed by atoms with Crippen LogP contribution in [0.3, 0.4) is 0 Å². The molecule has 0 spiro atoms. The normalized spacial score (nSPS) is 17.4. The Labute approximate surface area is 169 Å². The molecule has 1 unspecified atom stereocenters. The van der Waals surface area contributed by atoms with Crippen LogP contribution >= 0.6 is 0 Å². The molecule has 158 valence electrons. The first-order chi connectivity index (χ1) is 13.5. The van der Waals surface area contributed by atoms with E-state index < -0.39 is 0 Å². The molecule has 0 saturated carbocycles. The van der Waals surface area contributed by atoms with Crippen molar-refractivity contribution >= 4 is 11.6 Å². The summed E-state index contributed by atoms with van der Waals surface area (Å²) in [6, 6.07) is 5.68. The topological polar surface area (TPSA) is 75.3 Å². The van der Waals surface area contributed by atoms with E-state index in [2.05, 4.69) is 34.0 Å². The summed E-state index contributed by atoms with van der Waals surface area (Å²) in [6.45, 7) is 17.1. The molecule has 1 saturated heterocycles. The van der Waals surface area contributed by atoms with Crippen LogP contribution in [0, 0.1) is 5.92 Å². The highest BCUT2D eigenvalue weighted by Gasteiger charge is 2.17. The predicted octanol–water partition coefficient (Wildman–Crippen LogP) is 2.48. The van der Waals surface area contributed by atoms with Gasteiger partial charge < -0.3 is 30.3 Å². The van der Waals surface area contributed by atoms with E-state index in [4.69, 9.17) is 15.2 Å². The number of ether oxygens (including phenoxy) is 2. The van der Waals surface area contributed by atoms with Crippen LogP contribution in [0.2, 0.25) is 0 Å². The lowest BCUT2D eigenvalue weighted by molar-refractivity contribution is 0.125. The number of nitrogens with two attached hydrogens (primary N) is 1. The first kappa shape index (κ1) is 22.3. The molecule has 1 atom stereocenters. The van der Waals surface area contributed by atoms with E-state index >= 15 is 0 Å². The van der Waals surface area contributed by atoms with Crippen molar-refractivity contribution in [2.45, 2.75) is 27.7 Å². The molecule has 2 rings (SSSR count). The number of rotatable bonds is 10. The summed E-state index contributed by atoms with van der Waals surface area (Å²) in [4.78, 5) is 9.56. The predicted molar refractivity (Wildman–Crippen MR) is 117 cm³/mol. The summed E-state index contributed by atoms with van der Waals surface area (Å²) < 4.78 is 11.3. The Morgan fingerprint density at radius 3 is 2.43 bits per heavy atom. The van der Waals surface area contributed by atoms with E-state index in [9.17, 15) is 0 Å². The zero-order valence-corrected chi connectivity index (χ0v) is 17.9. The molecule has 1 aromatic rings. The second-order valence-electron chi connectivity index (χ2n) is 7.21. The van der Waals surface area contributed by atoms with Crippen LogP contribution in [0.15, 0.2) is 23.2 Å². The zero-order chi connectivity index (χ0) is 20.4. The molecule has 0 aromatic heterocycles. The van der Waals surface area contributed by atoms with Crippen LogP contribution in [0.4, 0.5) is 5.69 Å². The largest absolute Gasteiger partial charge is 0.494 e. The highest BCUT2D eigenvalue weighted by atomic mass is 16.5. The number of hydrogen-bond donors (Lipinski definition) is 2. The van der Waals surface area contributed by atoms with E-state index in [1.807, 2.05) is 32.0 Å². The number of nitrogens with zero attached hydrogens (tertiary/aromatic N) is 3. The van der Waals surface area contributed by atoms with Gasteiger partial charge in [0.25, 0.3) is 0 Å². The third-order valence-electron chi connectivity index (χ3n) is 4.88. The number of piperazine rings is 1. The van der Waals surface area contributed by atoms with Crippen molar-refractivity contribution in [1.29, 1.82) is 0 Å². The van der Waals surface area contributed by atoms with Gasteiger partial charge in [-0.15, -0.1) is 0 Å². The highest BCUT2D eigenvalue weighted by molar-refractivity contribution is 5.94. The van der Waals surface area contributed by atoms with E-state index in [1.165, 1.54) is 0 Å². The number of likely N-dealkylation sites (N-methyl/N-ethyl adjacent to an activating group) is 1. The lowest BCUT2D eigenvalue weighted by Gasteiger charge is -2.35. The fourth-order valence-electron chi connectivity index (χ4n) is 3.36. The number of benzene rings is 1. The summed E-state index contributed by atoms with van der Waals surface area (Å²) in [5.74, 6) is 2.37. The molecular formula is C21H37N5O2. The minimum Gasteiger partial charge on any atom is -0.494 e. The second kappa shape index (κ2) is 11.8. The van der Waals surface area contributed by atoms with Crippen molar-refractivity contribution < 1.29 is 9.47 Å². The Balaban J connectivity index is 1.88. The number of anilines is 1. The molecule has 3 N–H and O–H groups in total. The van der Waals surface area contributed by atoms with E-state index in [0.717, 1.165) is 56.5 Å². The number of nitrogens with one attached hydrogen (secondary N) is 1. The van der Waals surface area contributed by atoms with E-state index in [0.29, 0.717) is 31.6 Å². The van der Waals surface area contributed by atoms with Crippen molar-refractivity contribution in [3.8, 4) is 11.5 Å². The summed E-state index contributed by atoms with van der Waals surface area (Å²) in [5, 5.41) is 3.17. The molecule has 1 aliphatic rings. The lowest BCUT2D eigenvalue weighted by Crippen LogP contribution is -2.47. The molecule has 0 amide bonds. The Bertz CT molecular complexity index is 615. The third kappa shape index (κ3) is 7.20. The van der Waals surface area contributed by atoms with Crippen molar-refractivity contribution in [1.82, 2.24) is 9.80 Å². The molecular weight excluding hydrogens is 354 g/mol. The molecule has 0 radical (unpaired) electrons. The van der Waals surface area contributed by atoms with Gasteiger partial charge in [-0.3, -0.25) is 4.99 Å². The minimum absolute atomic E-state index is 0.400. The average Bonchev–Trinajstić information content (AvgIpc) is 2.69. The van der Waals surface area contributed by atoms with Crippen LogP contribution in [-0.4, -0.2) is 74.8 Å². The van der Waals surface area contributed by atoms with Gasteiger partial charge in [-0.25, -0.2) is 0 Å². The molecule has 28 heavy (non-hydrogen) atoms. The molecule has 1 fully saturated rings. The quantitative estimate of drug-likeness (QED) is 0.471. The Kier molecular flexibility index (Phi) is 9.37. The van der Waals surface area contributed by atoms with Gasteiger partial charge in [-0.05, 0) is 38.4 Å². The van der Waals surface area contributed by atoms with Crippen LogP contribution < -0.4 is 20.5 Å². The average molecular weight is 392 g/mol. The van der Waals surface area contributed by atoms with Gasteiger partial charge >= 0.3 is 0 Å². The summed E-state index contributed by atoms with van der Waals surface area (Å²) in [5.41, 5.74) is 6.91. The summed E-state index contributed by atoms with van der Waals surface area (Å²) >= 11 is 0. The molecule has 7 nitrogen and oxygen atoms in total. The van der Waals surface area contributed by atoms with Gasteiger partial charge in [0, 0.05) is 45.3 Å². The van der Waals surface area contributed by atoms with Crippen LogP contribution in [0.1, 0.15) is 27.7 Å². The zero-order valence-electron chi connectivity index (χ0n) is 17.9. The Hall–Kier alpha value is -1.99. The summed E-state index contributed by atoms with van der Waals surface area (Å²) in [7, 11) is 0. The SMILES string of the molecule is CCOc1ccc(OCC)c(NC(N)=NCC(C)CN2CCN(CC)CC2)c1. The Morgan fingerprint density at radius 1 is 1.11 bits per heavy atom. The third-order valence-corrected chi connectivity index (χ3v) is 4.88. The van der Waals surface area contributed by atoms with Gasteiger partial charge in [0.2, 0.25) is 0 Å². The Morgan fingerprint density at radius 2 is 1.79 bits per heavy atom. The maximum Gasteiger partial charge on any atom is 0.193 e. The molecule has 1 aliphatic heterocycles. The monoisotopic (exact) mass is 391 g/mol. The molecule has 7 heteroatoms. The first-order valence-electron chi connectivity index (χ1n) is 10.5. The molecule has 0 aliphatic carbocycles. The number of aliphatic imine (C=N–C) groups is 1. The van der Waals surface area contributed by atoms with Gasteiger partial charge in [0.15, 0.2) is 5.96 Å². The first-order valence-corrected chi connectivity index (χ1v) is 10.5. The van der Waals surface area contributed by atoms with Crippen molar-refractivity contribution in [3.05, 3.63) is 18.2 Å². The maximum absolute atomic E-state index is 6.13. The molecule has 0 bridgehead atoms. The van der Waals surface area contributed by atoms with E-state index in [1.54, 1.807) is 0 Å². The summed E-state index contributed by atoms with van der Waals surface area (Å²) in [6.07, 6.45) is 0. The standard InChI is InChI=1S/C21H37N5O2/c1-5-25-10-12-26(13-11-25)16-17(4)15-23-21(22)24-19-14-18(27-6-2)8-9-20(19)28-7-3/h8-9,14,17H,5-7,10-13,15-16H2,1-4H3,(H3,22,23,24). The van der Waals surface area contributed by atoms with Crippen molar-refractivity contribution in [2.24, 2.45) is 16.6 Å². The highest BCUT2D eigenvalue weighted by Crippen LogP contribution is 2.29. The second-order valence-corrected chi connectivity index (χ2v) is 7.21. The van der Waals surface area contributed by atoms with Gasteiger partial charge in [0.1, 0.15) is 11.5 Å². The van der Waals surface area contributed by atoms with Crippen LogP contribution in [-0.2, 0) is 0 Å². The van der Waals surface area contributed by atoms with Crippen LogP contribution in [0.25, 0.3) is 0 Å². The van der Waals surface area contributed by atoms with Gasteiger partial charge in [-0.2, -0.15) is 0 Å². The van der Waals surface area contributed by atoms with Gasteiger partial charge in [0.05, 0.1) is 18.9 Å². The fourth-order valence-corrected chi connectivity index (χ4v) is 3.36. The van der Waals surface area contributed by atoms with Crippen molar-refractivity contribution in [2.75, 3.05) is 64.3 Å². The minimum atomic E-state index is 0.400. The van der Waals surface area contributed by atoms with Gasteiger partial charge in [-0.1, -0.05) is 13.8 Å². The fraction of sp³-hybridized carbons (Fsp3) is 0.667. The van der Waals surface area contributed by atoms with Crippen molar-refractivity contribution in [3.63, 3.8) is 0 Å².